The van der Waals surface area contributed by atoms with E-state index in [0.717, 1.165) is 18.4 Å². The Kier molecular flexibility index (Phi) is 7.87. The van der Waals surface area contributed by atoms with Gasteiger partial charge < -0.3 is 9.84 Å². The molecule has 0 fully saturated rings. The minimum atomic E-state index is -0.217. The minimum absolute atomic E-state index is 0.0770. The maximum absolute atomic E-state index is 12.1. The number of carbonyl (C=O) groups is 1. The molecule has 3 nitrogen and oxygen atoms in total. The maximum Gasteiger partial charge on any atom is 0.308 e. The lowest BCUT2D eigenvalue weighted by atomic mass is 9.68. The average Bonchev–Trinajstić information content (AvgIpc) is 2.50. The number of fused-ring (bicyclic) bond motifs is 1. The van der Waals surface area contributed by atoms with Crippen molar-refractivity contribution in [3.63, 3.8) is 0 Å². The van der Waals surface area contributed by atoms with Gasteiger partial charge in [0.25, 0.3) is 0 Å². The van der Waals surface area contributed by atoms with Gasteiger partial charge in [0.05, 0.1) is 11.7 Å². The van der Waals surface area contributed by atoms with Crippen molar-refractivity contribution in [2.75, 3.05) is 0 Å². The summed E-state index contributed by atoms with van der Waals surface area (Å²) in [5, 5.41) is 9.91. The molecule has 0 aliphatic heterocycles. The van der Waals surface area contributed by atoms with Crippen molar-refractivity contribution in [1.82, 2.24) is 0 Å². The van der Waals surface area contributed by atoms with Gasteiger partial charge in [-0.05, 0) is 36.3 Å². The minimum Gasteiger partial charge on any atom is -0.512 e. The Hall–Kier alpha value is -1.25. The molecule has 2 aliphatic rings. The Balaban J connectivity index is 0.000000816. The Morgan fingerprint density at radius 1 is 1.35 bits per heavy atom. The van der Waals surface area contributed by atoms with E-state index >= 15 is 0 Å². The number of esters is 1. The normalized spacial score (nSPS) is 30.9. The second-order valence-electron chi connectivity index (χ2n) is 7.13. The molecule has 3 heteroatoms. The molecular weight excluding hydrogens is 288 g/mol. The number of ether oxygens (including phenoxy) is 1. The van der Waals surface area contributed by atoms with Crippen LogP contribution in [0.5, 0.6) is 0 Å². The third kappa shape index (κ3) is 5.12. The van der Waals surface area contributed by atoms with E-state index in [1.165, 1.54) is 6.42 Å². The van der Waals surface area contributed by atoms with Gasteiger partial charge in [-0.1, -0.05) is 54.0 Å². The fourth-order valence-corrected chi connectivity index (χ4v) is 3.17. The molecule has 0 radical (unpaired) electrons. The summed E-state index contributed by atoms with van der Waals surface area (Å²) in [6.45, 7) is 12.6. The first kappa shape index (κ1) is 19.8. The Bertz CT molecular complexity index is 450. The van der Waals surface area contributed by atoms with Gasteiger partial charge in [0.2, 0.25) is 0 Å². The number of hydrogen-bond donors (Lipinski definition) is 1. The SMILES string of the molecule is CCC.CC[C@H](C)C(=O)O[C@H]1CC(O)=CC2=CC[C@H](C)[C@H](C)[C@H]21. The van der Waals surface area contributed by atoms with E-state index in [4.69, 9.17) is 4.74 Å². The molecule has 0 spiro atoms. The summed E-state index contributed by atoms with van der Waals surface area (Å²) in [7, 11) is 0. The average molecular weight is 322 g/mol. The lowest BCUT2D eigenvalue weighted by Crippen LogP contribution is -2.39. The van der Waals surface area contributed by atoms with E-state index in [2.05, 4.69) is 33.8 Å². The van der Waals surface area contributed by atoms with Crippen LogP contribution in [0.25, 0.3) is 0 Å². The van der Waals surface area contributed by atoms with Crippen LogP contribution in [0.15, 0.2) is 23.5 Å². The fraction of sp³-hybridized carbons (Fsp3) is 0.750. The van der Waals surface area contributed by atoms with Crippen LogP contribution < -0.4 is 0 Å². The third-order valence-corrected chi connectivity index (χ3v) is 5.00. The molecule has 0 bridgehead atoms. The Morgan fingerprint density at radius 2 is 1.96 bits per heavy atom. The van der Waals surface area contributed by atoms with Crippen LogP contribution in [0.3, 0.4) is 0 Å². The standard InChI is InChI=1S/C17H26O3.C3H8/c1-5-10(2)17(19)20-15-9-14(18)8-13-7-6-11(3)12(4)16(13)15;1-3-2/h7-8,10-12,15-16,18H,5-6,9H2,1-4H3;3H2,1-2H3/t10-,11-,12-,15-,16+;/m0./s1. The van der Waals surface area contributed by atoms with Gasteiger partial charge in [-0.3, -0.25) is 4.79 Å². The molecule has 5 atom stereocenters. The molecule has 1 N–H and O–H groups in total. The van der Waals surface area contributed by atoms with Crippen LogP contribution in [-0.4, -0.2) is 17.2 Å². The van der Waals surface area contributed by atoms with Crippen molar-refractivity contribution in [2.45, 2.75) is 73.3 Å². The van der Waals surface area contributed by atoms with Crippen LogP contribution >= 0.6 is 0 Å². The number of aliphatic hydroxyl groups is 1. The molecule has 0 heterocycles. The van der Waals surface area contributed by atoms with Crippen molar-refractivity contribution in [1.29, 1.82) is 0 Å². The van der Waals surface area contributed by atoms with Crippen LogP contribution in [0.4, 0.5) is 0 Å². The summed E-state index contributed by atoms with van der Waals surface area (Å²) >= 11 is 0. The largest absolute Gasteiger partial charge is 0.512 e. The molecule has 132 valence electrons. The third-order valence-electron chi connectivity index (χ3n) is 5.00. The molecule has 0 aromatic carbocycles. The van der Waals surface area contributed by atoms with E-state index in [9.17, 15) is 9.90 Å². The summed E-state index contributed by atoms with van der Waals surface area (Å²) < 4.78 is 5.72. The van der Waals surface area contributed by atoms with Crippen molar-refractivity contribution < 1.29 is 14.6 Å². The van der Waals surface area contributed by atoms with E-state index in [-0.39, 0.29) is 23.9 Å². The van der Waals surface area contributed by atoms with E-state index in [0.29, 0.717) is 24.0 Å². The van der Waals surface area contributed by atoms with E-state index in [1.54, 1.807) is 0 Å². The number of allylic oxidation sites excluding steroid dienone is 2. The zero-order valence-corrected chi connectivity index (χ0v) is 15.6. The van der Waals surface area contributed by atoms with Gasteiger partial charge in [0.15, 0.2) is 0 Å². The highest BCUT2D eigenvalue weighted by Crippen LogP contribution is 2.42. The first-order valence-electron chi connectivity index (χ1n) is 9.15. The number of aliphatic hydroxyl groups excluding tert-OH is 1. The summed E-state index contributed by atoms with van der Waals surface area (Å²) in [6, 6.07) is 0. The highest BCUT2D eigenvalue weighted by molar-refractivity contribution is 5.72. The Morgan fingerprint density at radius 3 is 2.52 bits per heavy atom. The van der Waals surface area contributed by atoms with Crippen LogP contribution in [0.1, 0.15) is 67.2 Å². The number of rotatable bonds is 3. The molecule has 2 aliphatic carbocycles. The van der Waals surface area contributed by atoms with Crippen LogP contribution in [0, 0.1) is 23.7 Å². The number of carbonyl (C=O) groups excluding carboxylic acids is 1. The zero-order valence-electron chi connectivity index (χ0n) is 15.6. The first-order valence-corrected chi connectivity index (χ1v) is 9.15. The molecule has 0 unspecified atom stereocenters. The van der Waals surface area contributed by atoms with E-state index in [1.807, 2.05) is 19.9 Å². The van der Waals surface area contributed by atoms with E-state index < -0.39 is 0 Å². The Labute approximate surface area is 141 Å². The number of hydrogen-bond acceptors (Lipinski definition) is 3. The summed E-state index contributed by atoms with van der Waals surface area (Å²) in [5.74, 6) is 1.39. The molecule has 0 amide bonds. The quantitative estimate of drug-likeness (QED) is 0.705. The van der Waals surface area contributed by atoms with Crippen molar-refractivity contribution in [2.24, 2.45) is 23.7 Å². The first-order chi connectivity index (χ1) is 10.8. The van der Waals surface area contributed by atoms with Crippen molar-refractivity contribution in [3.05, 3.63) is 23.5 Å². The lowest BCUT2D eigenvalue weighted by molar-refractivity contribution is -0.157. The van der Waals surface area contributed by atoms with Crippen LogP contribution in [0.2, 0.25) is 0 Å². The molecule has 2 rings (SSSR count). The molecule has 0 saturated carbocycles. The zero-order chi connectivity index (χ0) is 17.6. The molecular formula is C20H34O3. The predicted octanol–water partition coefficient (Wildman–Crippen LogP) is 5.42. The predicted molar refractivity (Wildman–Crippen MR) is 95.1 cm³/mol. The van der Waals surface area contributed by atoms with Gasteiger partial charge in [0, 0.05) is 12.3 Å². The summed E-state index contributed by atoms with van der Waals surface area (Å²) in [5.41, 5.74) is 1.14. The van der Waals surface area contributed by atoms with Gasteiger partial charge in [-0.2, -0.15) is 0 Å². The second kappa shape index (κ2) is 9.14. The van der Waals surface area contributed by atoms with Crippen LogP contribution in [-0.2, 0) is 9.53 Å². The van der Waals surface area contributed by atoms with Gasteiger partial charge in [-0.15, -0.1) is 0 Å². The van der Waals surface area contributed by atoms with Gasteiger partial charge in [-0.25, -0.2) is 0 Å². The molecule has 0 aromatic rings. The lowest BCUT2D eigenvalue weighted by Gasteiger charge is -2.40. The fourth-order valence-electron chi connectivity index (χ4n) is 3.17. The summed E-state index contributed by atoms with van der Waals surface area (Å²) in [4.78, 5) is 12.1. The highest BCUT2D eigenvalue weighted by Gasteiger charge is 2.40. The molecule has 0 aromatic heterocycles. The van der Waals surface area contributed by atoms with Gasteiger partial charge in [0.1, 0.15) is 6.10 Å². The topological polar surface area (TPSA) is 46.5 Å². The monoisotopic (exact) mass is 322 g/mol. The highest BCUT2D eigenvalue weighted by atomic mass is 16.5. The van der Waals surface area contributed by atoms with Gasteiger partial charge >= 0.3 is 5.97 Å². The molecule has 23 heavy (non-hydrogen) atoms. The smallest absolute Gasteiger partial charge is 0.308 e. The van der Waals surface area contributed by atoms with Crippen molar-refractivity contribution in [3.8, 4) is 0 Å². The summed E-state index contributed by atoms with van der Waals surface area (Å²) in [6.07, 6.45) is 7.34. The molecule has 0 saturated heterocycles. The van der Waals surface area contributed by atoms with Crippen molar-refractivity contribution >= 4 is 5.97 Å². The second-order valence-corrected chi connectivity index (χ2v) is 7.13. The maximum atomic E-state index is 12.1.